The van der Waals surface area contributed by atoms with E-state index in [2.05, 4.69) is 10.6 Å². The van der Waals surface area contributed by atoms with E-state index < -0.39 is 29.5 Å². The molecule has 31 heavy (non-hydrogen) atoms. The van der Waals surface area contributed by atoms with Crippen molar-refractivity contribution < 1.29 is 24.2 Å². The van der Waals surface area contributed by atoms with E-state index in [9.17, 15) is 19.5 Å². The molecule has 8 heteroatoms. The van der Waals surface area contributed by atoms with Crippen LogP contribution in [0.3, 0.4) is 0 Å². The number of hydrogen-bond acceptors (Lipinski definition) is 5. The zero-order valence-corrected chi connectivity index (χ0v) is 18.0. The van der Waals surface area contributed by atoms with Crippen molar-refractivity contribution in [1.29, 1.82) is 0 Å². The quantitative estimate of drug-likeness (QED) is 0.529. The van der Waals surface area contributed by atoms with Gasteiger partial charge in [-0.2, -0.15) is 0 Å². The van der Waals surface area contributed by atoms with Crippen molar-refractivity contribution in [1.82, 2.24) is 15.5 Å². The predicted octanol–water partition coefficient (Wildman–Crippen LogP) is 0.757. The molecule has 3 aliphatic heterocycles. The van der Waals surface area contributed by atoms with Crippen LogP contribution >= 0.6 is 0 Å². The molecule has 2 unspecified atom stereocenters. The summed E-state index contributed by atoms with van der Waals surface area (Å²) in [6.07, 6.45) is 2.56. The number of hydrogen-bond donors (Lipinski definition) is 3. The average Bonchev–Trinajstić information content (AvgIpc) is 3.42. The molecule has 3 fully saturated rings. The number of likely N-dealkylation sites (tertiary alicyclic amines) is 1. The lowest BCUT2D eigenvalue weighted by Gasteiger charge is -2.36. The standard InChI is InChI=1S/C23H31N3O5/c1-3-4-12-25-21(29)19-23-11-10-16(31-23)17(20(28)24-2)18(23)22(30)26(19)15(13-27)14-8-6-5-7-9-14/h5-9,15-19,27H,3-4,10-13H2,1-2H3,(H,24,28)(H,25,29)/t15-,16-,17+,18+,19?,23?/m1/s1. The number of benzene rings is 1. The topological polar surface area (TPSA) is 108 Å². The summed E-state index contributed by atoms with van der Waals surface area (Å²) < 4.78 is 6.32. The third-order valence-electron chi connectivity index (χ3n) is 7.06. The summed E-state index contributed by atoms with van der Waals surface area (Å²) in [6, 6.07) is 7.62. The Bertz CT molecular complexity index is 847. The molecule has 8 nitrogen and oxygen atoms in total. The number of unbranched alkanes of at least 4 members (excludes halogenated alkanes) is 1. The highest BCUT2D eigenvalue weighted by Gasteiger charge is 2.75. The molecule has 3 heterocycles. The average molecular weight is 430 g/mol. The Morgan fingerprint density at radius 1 is 1.29 bits per heavy atom. The van der Waals surface area contributed by atoms with E-state index in [4.69, 9.17) is 4.74 Å². The highest BCUT2D eigenvalue weighted by molar-refractivity contribution is 5.99. The molecule has 0 aliphatic carbocycles. The number of aliphatic hydroxyl groups is 1. The highest BCUT2D eigenvalue weighted by Crippen LogP contribution is 2.59. The Kier molecular flexibility index (Phi) is 6.03. The predicted molar refractivity (Wildman–Crippen MR) is 113 cm³/mol. The minimum absolute atomic E-state index is 0.239. The molecule has 0 aromatic heterocycles. The van der Waals surface area contributed by atoms with Gasteiger partial charge >= 0.3 is 0 Å². The summed E-state index contributed by atoms with van der Waals surface area (Å²) in [5.74, 6) is -2.17. The second-order valence-corrected chi connectivity index (χ2v) is 8.67. The minimum Gasteiger partial charge on any atom is -0.394 e. The molecule has 0 saturated carbocycles. The number of nitrogens with one attached hydrogen (secondary N) is 2. The summed E-state index contributed by atoms with van der Waals surface area (Å²) in [5.41, 5.74) is -0.302. The van der Waals surface area contributed by atoms with Gasteiger partial charge in [0.25, 0.3) is 0 Å². The van der Waals surface area contributed by atoms with Gasteiger partial charge in [-0.1, -0.05) is 43.7 Å². The van der Waals surface area contributed by atoms with E-state index in [1.165, 1.54) is 4.90 Å². The molecule has 1 spiro atoms. The van der Waals surface area contributed by atoms with Gasteiger partial charge in [0.1, 0.15) is 11.6 Å². The van der Waals surface area contributed by atoms with Crippen LogP contribution < -0.4 is 10.6 Å². The molecule has 3 amide bonds. The lowest BCUT2D eigenvalue weighted by atomic mass is 9.70. The molecular formula is C23H31N3O5. The molecule has 3 saturated heterocycles. The van der Waals surface area contributed by atoms with Crippen molar-refractivity contribution >= 4 is 17.7 Å². The van der Waals surface area contributed by atoms with E-state index in [-0.39, 0.29) is 30.4 Å². The smallest absolute Gasteiger partial charge is 0.245 e. The maximum absolute atomic E-state index is 13.8. The fourth-order valence-electron chi connectivity index (χ4n) is 5.71. The van der Waals surface area contributed by atoms with Gasteiger partial charge in [0, 0.05) is 13.6 Å². The van der Waals surface area contributed by atoms with Gasteiger partial charge in [0.15, 0.2) is 0 Å². The number of ether oxygens (including phenoxy) is 1. The van der Waals surface area contributed by atoms with Crippen molar-refractivity contribution in [3.63, 3.8) is 0 Å². The molecule has 3 N–H and O–H groups in total. The van der Waals surface area contributed by atoms with E-state index in [1.807, 2.05) is 37.3 Å². The van der Waals surface area contributed by atoms with E-state index >= 15 is 0 Å². The minimum atomic E-state index is -1.04. The lowest BCUT2D eigenvalue weighted by Crippen LogP contribution is -2.56. The lowest BCUT2D eigenvalue weighted by molar-refractivity contribution is -0.145. The number of fused-ring (bicyclic) bond motifs is 1. The van der Waals surface area contributed by atoms with Crippen LogP contribution in [0.2, 0.25) is 0 Å². The second kappa shape index (κ2) is 8.59. The zero-order chi connectivity index (χ0) is 22.2. The second-order valence-electron chi connectivity index (χ2n) is 8.67. The monoisotopic (exact) mass is 429 g/mol. The summed E-state index contributed by atoms with van der Waals surface area (Å²) in [6.45, 7) is 2.22. The Morgan fingerprint density at radius 3 is 2.68 bits per heavy atom. The van der Waals surface area contributed by atoms with Gasteiger partial charge in [-0.25, -0.2) is 0 Å². The Labute approximate surface area is 182 Å². The fraction of sp³-hybridized carbons (Fsp3) is 0.609. The van der Waals surface area contributed by atoms with E-state index in [0.717, 1.165) is 18.4 Å². The van der Waals surface area contributed by atoms with Crippen LogP contribution in [0.25, 0.3) is 0 Å². The number of aliphatic hydroxyl groups excluding tert-OH is 1. The van der Waals surface area contributed by atoms with Gasteiger partial charge < -0.3 is 25.4 Å². The zero-order valence-electron chi connectivity index (χ0n) is 18.0. The van der Waals surface area contributed by atoms with Crippen LogP contribution in [0.5, 0.6) is 0 Å². The van der Waals surface area contributed by atoms with Gasteiger partial charge in [-0.3, -0.25) is 14.4 Å². The highest BCUT2D eigenvalue weighted by atomic mass is 16.5. The van der Waals surface area contributed by atoms with Crippen LogP contribution in [-0.4, -0.2) is 65.7 Å². The first-order chi connectivity index (χ1) is 15.0. The molecule has 168 valence electrons. The molecule has 3 aliphatic rings. The first kappa shape index (κ1) is 21.8. The van der Waals surface area contributed by atoms with Crippen LogP contribution in [0.15, 0.2) is 30.3 Å². The van der Waals surface area contributed by atoms with Crippen molar-refractivity contribution in [3.05, 3.63) is 35.9 Å². The fourth-order valence-corrected chi connectivity index (χ4v) is 5.71. The number of carbonyl (C=O) groups excluding carboxylic acids is 3. The first-order valence-corrected chi connectivity index (χ1v) is 11.1. The van der Waals surface area contributed by atoms with Crippen LogP contribution in [-0.2, 0) is 19.1 Å². The van der Waals surface area contributed by atoms with Crippen LogP contribution in [0, 0.1) is 11.8 Å². The Morgan fingerprint density at radius 2 is 2.03 bits per heavy atom. The molecule has 6 atom stereocenters. The number of rotatable bonds is 8. The number of carbonyl (C=O) groups is 3. The molecule has 1 aromatic rings. The maximum atomic E-state index is 13.8. The van der Waals surface area contributed by atoms with Crippen LogP contribution in [0.1, 0.15) is 44.2 Å². The van der Waals surface area contributed by atoms with Crippen molar-refractivity contribution in [2.45, 2.75) is 56.4 Å². The molecule has 4 rings (SSSR count). The van der Waals surface area contributed by atoms with E-state index in [0.29, 0.717) is 19.4 Å². The van der Waals surface area contributed by atoms with Gasteiger partial charge in [0.05, 0.1) is 30.6 Å². The number of nitrogens with zero attached hydrogens (tertiary/aromatic N) is 1. The summed E-state index contributed by atoms with van der Waals surface area (Å²) in [7, 11) is 1.55. The summed E-state index contributed by atoms with van der Waals surface area (Å²) in [5, 5.41) is 15.9. The van der Waals surface area contributed by atoms with Crippen LogP contribution in [0.4, 0.5) is 0 Å². The number of amides is 3. The normalized spacial score (nSPS) is 32.1. The summed E-state index contributed by atoms with van der Waals surface area (Å²) in [4.78, 5) is 41.4. The van der Waals surface area contributed by atoms with Gasteiger partial charge in [-0.15, -0.1) is 0 Å². The van der Waals surface area contributed by atoms with E-state index in [1.54, 1.807) is 7.05 Å². The summed E-state index contributed by atoms with van der Waals surface area (Å²) >= 11 is 0. The Balaban J connectivity index is 1.76. The molecule has 0 radical (unpaired) electrons. The molecule has 2 bridgehead atoms. The first-order valence-electron chi connectivity index (χ1n) is 11.1. The molecule has 1 aromatic carbocycles. The third-order valence-corrected chi connectivity index (χ3v) is 7.06. The third kappa shape index (κ3) is 3.32. The SMILES string of the molecule is CCCCNC(=O)C1N([C@H](CO)c2ccccc2)C(=O)[C@@H]2[C@@H](C(=O)NC)[C@H]3CCC12O3. The van der Waals surface area contributed by atoms with Gasteiger partial charge in [-0.05, 0) is 24.8 Å². The molecular weight excluding hydrogens is 398 g/mol. The van der Waals surface area contributed by atoms with Gasteiger partial charge in [0.2, 0.25) is 17.7 Å². The van der Waals surface area contributed by atoms with Crippen molar-refractivity contribution in [3.8, 4) is 0 Å². The largest absolute Gasteiger partial charge is 0.394 e. The maximum Gasteiger partial charge on any atom is 0.245 e. The Hall–Kier alpha value is -2.45. The van der Waals surface area contributed by atoms with Crippen molar-refractivity contribution in [2.75, 3.05) is 20.2 Å². The van der Waals surface area contributed by atoms with Crippen molar-refractivity contribution in [2.24, 2.45) is 11.8 Å².